The molecule has 1 aromatic carbocycles. The van der Waals surface area contributed by atoms with Crippen molar-refractivity contribution in [3.63, 3.8) is 0 Å². The summed E-state index contributed by atoms with van der Waals surface area (Å²) in [5.41, 5.74) is 2.52. The Balaban J connectivity index is 1.34. The molecule has 1 unspecified atom stereocenters. The first-order valence-corrected chi connectivity index (χ1v) is 11.3. The van der Waals surface area contributed by atoms with Gasteiger partial charge in [-0.2, -0.15) is 0 Å². The van der Waals surface area contributed by atoms with Crippen LogP contribution < -0.4 is 4.74 Å². The highest BCUT2D eigenvalue weighted by Gasteiger charge is 2.39. The van der Waals surface area contributed by atoms with Crippen LogP contribution in [0.1, 0.15) is 49.8 Å². The Morgan fingerprint density at radius 2 is 1.80 bits per heavy atom. The summed E-state index contributed by atoms with van der Waals surface area (Å²) in [6.45, 7) is 6.23. The molecule has 6 heterocycles. The third-order valence-electron chi connectivity index (χ3n) is 7.00. The topological polar surface area (TPSA) is 63.5 Å². The number of carbonyl (C=O) groups is 1. The standard InChI is InChI=1S/C23H31N5O2/c29-22-3-1-12-28-16-20(24-25-28)17-30-21-6-4-19(5-7-21)15-26-11-2-8-23(18-26)9-13-27(22)14-10-23/h4-7,16H,1-3,8-15,17-18H2. The van der Waals surface area contributed by atoms with E-state index in [0.717, 1.165) is 63.4 Å². The second-order valence-electron chi connectivity index (χ2n) is 9.20. The molecule has 0 N–H and O–H groups in total. The fraction of sp³-hybridized carbons (Fsp3) is 0.609. The van der Waals surface area contributed by atoms with Crippen LogP contribution in [0.4, 0.5) is 0 Å². The number of piperidine rings is 2. The molecule has 1 amide bonds. The Kier molecular flexibility index (Phi) is 5.46. The highest BCUT2D eigenvalue weighted by molar-refractivity contribution is 5.76. The maximum absolute atomic E-state index is 12.7. The van der Waals surface area contributed by atoms with Crippen LogP contribution in [0.2, 0.25) is 0 Å². The molecule has 5 aliphatic rings. The van der Waals surface area contributed by atoms with Gasteiger partial charge in [-0.25, -0.2) is 0 Å². The van der Waals surface area contributed by atoms with Gasteiger partial charge in [0.05, 0.1) is 6.20 Å². The van der Waals surface area contributed by atoms with Crippen molar-refractivity contribution in [2.45, 2.75) is 58.2 Å². The van der Waals surface area contributed by atoms with Gasteiger partial charge in [0.15, 0.2) is 0 Å². The van der Waals surface area contributed by atoms with Gasteiger partial charge in [-0.15, -0.1) is 5.10 Å². The molecule has 2 aromatic rings. The minimum Gasteiger partial charge on any atom is -0.487 e. The first-order chi connectivity index (χ1) is 14.7. The van der Waals surface area contributed by atoms with E-state index in [2.05, 4.69) is 44.4 Å². The molecule has 0 saturated carbocycles. The molecule has 0 radical (unpaired) electrons. The lowest BCUT2D eigenvalue weighted by molar-refractivity contribution is -0.134. The quantitative estimate of drug-likeness (QED) is 0.670. The molecule has 7 bridgehead atoms. The highest BCUT2D eigenvalue weighted by Crippen LogP contribution is 2.40. The predicted molar refractivity (Wildman–Crippen MR) is 113 cm³/mol. The zero-order chi connectivity index (χ0) is 20.4. The van der Waals surface area contributed by atoms with Gasteiger partial charge >= 0.3 is 0 Å². The lowest BCUT2D eigenvalue weighted by Crippen LogP contribution is -2.50. The lowest BCUT2D eigenvalue weighted by atomic mass is 9.72. The highest BCUT2D eigenvalue weighted by atomic mass is 16.5. The van der Waals surface area contributed by atoms with Crippen molar-refractivity contribution in [2.75, 3.05) is 26.2 Å². The molecule has 7 heteroatoms. The van der Waals surface area contributed by atoms with Crippen LogP contribution in [0.3, 0.4) is 0 Å². The van der Waals surface area contributed by atoms with E-state index in [9.17, 15) is 4.79 Å². The third-order valence-corrected chi connectivity index (χ3v) is 7.00. The van der Waals surface area contributed by atoms with Crippen molar-refractivity contribution in [1.29, 1.82) is 0 Å². The summed E-state index contributed by atoms with van der Waals surface area (Å²) in [5.74, 6) is 1.14. The number of carbonyl (C=O) groups excluding carboxylic acids is 1. The average molecular weight is 410 g/mol. The van der Waals surface area contributed by atoms with E-state index in [4.69, 9.17) is 4.74 Å². The van der Waals surface area contributed by atoms with Crippen LogP contribution in [-0.2, 0) is 24.5 Å². The largest absolute Gasteiger partial charge is 0.487 e. The van der Waals surface area contributed by atoms with Crippen LogP contribution in [0.15, 0.2) is 30.5 Å². The van der Waals surface area contributed by atoms with Crippen molar-refractivity contribution in [3.05, 3.63) is 41.7 Å². The van der Waals surface area contributed by atoms with Gasteiger partial charge in [-0.05, 0) is 61.8 Å². The van der Waals surface area contributed by atoms with Crippen LogP contribution in [-0.4, -0.2) is 56.9 Å². The van der Waals surface area contributed by atoms with Crippen molar-refractivity contribution < 1.29 is 9.53 Å². The van der Waals surface area contributed by atoms with E-state index in [1.54, 1.807) is 0 Å². The molecule has 30 heavy (non-hydrogen) atoms. The van der Waals surface area contributed by atoms with E-state index in [1.807, 2.05) is 10.9 Å². The Morgan fingerprint density at radius 1 is 0.967 bits per heavy atom. The number of aromatic nitrogens is 3. The van der Waals surface area contributed by atoms with Crippen molar-refractivity contribution in [3.8, 4) is 5.75 Å². The van der Waals surface area contributed by atoms with Gasteiger partial charge in [0, 0.05) is 39.1 Å². The van der Waals surface area contributed by atoms with E-state index >= 15 is 0 Å². The molecule has 1 atom stereocenters. The minimum absolute atomic E-state index is 0.287. The fourth-order valence-electron chi connectivity index (χ4n) is 5.25. The van der Waals surface area contributed by atoms with Crippen molar-refractivity contribution in [2.24, 2.45) is 5.41 Å². The van der Waals surface area contributed by atoms with Crippen LogP contribution in [0.25, 0.3) is 0 Å². The number of aryl methyl sites for hydroxylation is 1. The van der Waals surface area contributed by atoms with Gasteiger partial charge in [0.1, 0.15) is 18.1 Å². The molecule has 2 fully saturated rings. The summed E-state index contributed by atoms with van der Waals surface area (Å²) in [6, 6.07) is 8.46. The van der Waals surface area contributed by atoms with Crippen LogP contribution in [0, 0.1) is 5.41 Å². The van der Waals surface area contributed by atoms with E-state index in [1.165, 1.54) is 18.4 Å². The van der Waals surface area contributed by atoms with Gasteiger partial charge in [0.2, 0.25) is 5.91 Å². The number of hydrogen-bond acceptors (Lipinski definition) is 5. The minimum atomic E-state index is 0.287. The molecule has 7 rings (SSSR count). The molecule has 1 spiro atoms. The summed E-state index contributed by atoms with van der Waals surface area (Å²) in [7, 11) is 0. The van der Waals surface area contributed by atoms with E-state index in [0.29, 0.717) is 25.0 Å². The Morgan fingerprint density at radius 3 is 2.63 bits per heavy atom. The summed E-state index contributed by atoms with van der Waals surface area (Å²) in [5, 5.41) is 8.37. The number of hydrogen-bond donors (Lipinski definition) is 0. The Bertz CT molecular complexity index is 870. The van der Waals surface area contributed by atoms with Crippen molar-refractivity contribution >= 4 is 5.91 Å². The number of nitrogens with zero attached hydrogens (tertiary/aromatic N) is 5. The van der Waals surface area contributed by atoms with Crippen LogP contribution >= 0.6 is 0 Å². The first-order valence-electron chi connectivity index (χ1n) is 11.3. The summed E-state index contributed by atoms with van der Waals surface area (Å²) < 4.78 is 7.70. The number of benzene rings is 1. The Labute approximate surface area is 178 Å². The number of amides is 1. The van der Waals surface area contributed by atoms with E-state index in [-0.39, 0.29) is 5.91 Å². The smallest absolute Gasteiger partial charge is 0.222 e. The van der Waals surface area contributed by atoms with Gasteiger partial charge in [-0.1, -0.05) is 17.3 Å². The number of ether oxygens (including phenoxy) is 1. The zero-order valence-electron chi connectivity index (χ0n) is 17.6. The zero-order valence-corrected chi connectivity index (χ0v) is 17.6. The van der Waals surface area contributed by atoms with Gasteiger partial charge < -0.3 is 9.64 Å². The number of rotatable bonds is 0. The lowest BCUT2D eigenvalue weighted by Gasteiger charge is -2.47. The first kappa shape index (κ1) is 19.5. The molecular weight excluding hydrogens is 378 g/mol. The molecule has 5 aliphatic heterocycles. The maximum atomic E-state index is 12.7. The van der Waals surface area contributed by atoms with Gasteiger partial charge in [-0.3, -0.25) is 14.4 Å². The summed E-state index contributed by atoms with van der Waals surface area (Å²) in [6.07, 6.45) is 8.11. The second-order valence-corrected chi connectivity index (χ2v) is 9.20. The summed E-state index contributed by atoms with van der Waals surface area (Å²) in [4.78, 5) is 17.4. The molecule has 0 aliphatic carbocycles. The fourth-order valence-corrected chi connectivity index (χ4v) is 5.25. The normalized spacial score (nSPS) is 27.7. The molecule has 7 nitrogen and oxygen atoms in total. The Hall–Kier alpha value is -2.41. The third kappa shape index (κ3) is 4.36. The van der Waals surface area contributed by atoms with Crippen molar-refractivity contribution in [1.82, 2.24) is 24.8 Å². The van der Waals surface area contributed by atoms with E-state index < -0.39 is 0 Å². The SMILES string of the molecule is O=C1CCCn2cc(nn2)COc2ccc(cc2)CN2CCCC3(CCN1CC3)C2. The maximum Gasteiger partial charge on any atom is 0.222 e. The summed E-state index contributed by atoms with van der Waals surface area (Å²) >= 11 is 0. The van der Waals surface area contributed by atoms with Crippen LogP contribution in [0.5, 0.6) is 5.75 Å². The van der Waals surface area contributed by atoms with Gasteiger partial charge in [0.25, 0.3) is 0 Å². The molecule has 2 saturated heterocycles. The average Bonchev–Trinajstić information content (AvgIpc) is 3.21. The molecular formula is C23H31N5O2. The number of fused-ring (bicyclic) bond motifs is 2. The molecule has 160 valence electrons. The predicted octanol–water partition coefficient (Wildman–Crippen LogP) is 2.86. The molecule has 1 aromatic heterocycles. The monoisotopic (exact) mass is 409 g/mol. The second kappa shape index (κ2) is 8.38.